The van der Waals surface area contributed by atoms with Crippen LogP contribution in [0.5, 0.6) is 5.75 Å². The van der Waals surface area contributed by atoms with Gasteiger partial charge in [-0.2, -0.15) is 0 Å². The van der Waals surface area contributed by atoms with Gasteiger partial charge in [-0.1, -0.05) is 18.2 Å². The fourth-order valence-electron chi connectivity index (χ4n) is 2.21. The van der Waals surface area contributed by atoms with Gasteiger partial charge in [0, 0.05) is 6.07 Å². The van der Waals surface area contributed by atoms with Crippen LogP contribution < -0.4 is 4.74 Å². The first-order chi connectivity index (χ1) is 12.5. The average molecular weight is 372 g/mol. The van der Waals surface area contributed by atoms with Gasteiger partial charge in [0.05, 0.1) is 12.0 Å². The number of aliphatic carboxylic acids is 1. The van der Waals surface area contributed by atoms with E-state index in [1.54, 1.807) is 24.3 Å². The molecule has 0 unspecified atom stereocenters. The highest BCUT2D eigenvalue weighted by atomic mass is 32.2. The number of carboxylic acids is 1. The van der Waals surface area contributed by atoms with Crippen LogP contribution in [-0.2, 0) is 4.79 Å². The van der Waals surface area contributed by atoms with Crippen molar-refractivity contribution >= 4 is 40.6 Å². The standard InChI is InChI=1S/C17H12N2O6S/c1-24-14-7-6-10(8-12(14)19(22)23)9-15(16(20)21)26-17-18-11-4-2-3-5-13(11)25-17/h2-9H,1H3,(H,20,21)/b15-9-. The van der Waals surface area contributed by atoms with Crippen LogP contribution in [0.1, 0.15) is 5.56 Å². The topological polar surface area (TPSA) is 116 Å². The lowest BCUT2D eigenvalue weighted by atomic mass is 10.1. The van der Waals surface area contributed by atoms with E-state index in [0.29, 0.717) is 16.7 Å². The molecule has 0 fully saturated rings. The van der Waals surface area contributed by atoms with E-state index in [1.165, 1.54) is 31.4 Å². The number of nitrogens with zero attached hydrogens (tertiary/aromatic N) is 2. The monoisotopic (exact) mass is 372 g/mol. The number of hydrogen-bond donors (Lipinski definition) is 1. The van der Waals surface area contributed by atoms with Gasteiger partial charge in [-0.3, -0.25) is 10.1 Å². The summed E-state index contributed by atoms with van der Waals surface area (Å²) in [6, 6.07) is 11.2. The average Bonchev–Trinajstić information content (AvgIpc) is 3.03. The molecule has 0 radical (unpaired) electrons. The Hall–Kier alpha value is -3.33. The van der Waals surface area contributed by atoms with Gasteiger partial charge in [-0.05, 0) is 41.6 Å². The Bertz CT molecular complexity index is 994. The van der Waals surface area contributed by atoms with Crippen LogP contribution in [0.4, 0.5) is 5.69 Å². The summed E-state index contributed by atoms with van der Waals surface area (Å²) in [5.74, 6) is -1.11. The number of carboxylic acid groups (broad SMARTS) is 1. The van der Waals surface area contributed by atoms with Crippen LogP contribution in [-0.4, -0.2) is 28.1 Å². The summed E-state index contributed by atoms with van der Waals surface area (Å²) in [4.78, 5) is 26.2. The van der Waals surface area contributed by atoms with E-state index in [1.807, 2.05) is 0 Å². The number of benzene rings is 2. The summed E-state index contributed by atoms with van der Waals surface area (Å²) in [6.45, 7) is 0. The van der Waals surface area contributed by atoms with Crippen LogP contribution in [0, 0.1) is 10.1 Å². The van der Waals surface area contributed by atoms with Gasteiger partial charge in [0.2, 0.25) is 0 Å². The smallest absolute Gasteiger partial charge is 0.342 e. The second kappa shape index (κ2) is 7.28. The maximum atomic E-state index is 11.5. The second-order valence-corrected chi connectivity index (χ2v) is 6.04. The fraction of sp³-hybridized carbons (Fsp3) is 0.0588. The van der Waals surface area contributed by atoms with Crippen molar-refractivity contribution in [2.75, 3.05) is 7.11 Å². The molecule has 9 heteroatoms. The van der Waals surface area contributed by atoms with E-state index in [4.69, 9.17) is 9.15 Å². The third kappa shape index (κ3) is 3.67. The number of para-hydroxylation sites is 2. The van der Waals surface area contributed by atoms with E-state index >= 15 is 0 Å². The molecule has 132 valence electrons. The number of methoxy groups -OCH3 is 1. The Morgan fingerprint density at radius 1 is 1.35 bits per heavy atom. The second-order valence-electron chi connectivity index (χ2n) is 5.05. The Labute approximate surface area is 151 Å². The number of carbonyl (C=O) groups is 1. The Balaban J connectivity index is 1.95. The molecule has 0 aliphatic carbocycles. The van der Waals surface area contributed by atoms with Crippen LogP contribution in [0.3, 0.4) is 0 Å². The molecular weight excluding hydrogens is 360 g/mol. The molecule has 0 saturated heterocycles. The molecular formula is C17H12N2O6S. The van der Waals surface area contributed by atoms with Crippen molar-refractivity contribution in [3.8, 4) is 5.75 Å². The van der Waals surface area contributed by atoms with Gasteiger partial charge in [-0.25, -0.2) is 9.78 Å². The van der Waals surface area contributed by atoms with Gasteiger partial charge in [0.25, 0.3) is 5.22 Å². The minimum atomic E-state index is -1.20. The molecule has 1 N–H and O–H groups in total. The molecule has 0 saturated carbocycles. The number of nitro groups is 1. The summed E-state index contributed by atoms with van der Waals surface area (Å²) in [6.07, 6.45) is 1.31. The quantitative estimate of drug-likeness (QED) is 0.299. The first kappa shape index (κ1) is 17.5. The molecule has 8 nitrogen and oxygen atoms in total. The third-order valence-corrected chi connectivity index (χ3v) is 4.24. The Morgan fingerprint density at radius 3 is 2.77 bits per heavy atom. The summed E-state index contributed by atoms with van der Waals surface area (Å²) in [5.41, 5.74) is 1.25. The molecule has 26 heavy (non-hydrogen) atoms. The molecule has 0 atom stereocenters. The highest BCUT2D eigenvalue weighted by Gasteiger charge is 2.18. The zero-order chi connectivity index (χ0) is 18.7. The van der Waals surface area contributed by atoms with Gasteiger partial charge >= 0.3 is 11.7 Å². The summed E-state index contributed by atoms with van der Waals surface area (Å²) >= 11 is 0.824. The molecule has 1 aromatic heterocycles. The van der Waals surface area contributed by atoms with Crippen LogP contribution in [0.15, 0.2) is 57.0 Å². The molecule has 1 heterocycles. The molecule has 0 spiro atoms. The molecule has 0 bridgehead atoms. The fourth-order valence-corrected chi connectivity index (χ4v) is 2.96. The van der Waals surface area contributed by atoms with Gasteiger partial charge in [0.15, 0.2) is 11.3 Å². The third-order valence-electron chi connectivity index (χ3n) is 3.38. The van der Waals surface area contributed by atoms with E-state index in [-0.39, 0.29) is 21.6 Å². The molecule has 0 aliphatic heterocycles. The first-order valence-corrected chi connectivity index (χ1v) is 8.10. The highest BCUT2D eigenvalue weighted by Crippen LogP contribution is 2.33. The van der Waals surface area contributed by atoms with Crippen molar-refractivity contribution < 1.29 is 24.0 Å². The van der Waals surface area contributed by atoms with Crippen LogP contribution >= 0.6 is 11.8 Å². The predicted octanol–water partition coefficient (Wildman–Crippen LogP) is 3.96. The number of nitro benzene ring substituents is 1. The van der Waals surface area contributed by atoms with Crippen molar-refractivity contribution in [1.82, 2.24) is 4.98 Å². The SMILES string of the molecule is COc1ccc(/C=C(\Sc2nc3ccccc3o2)C(=O)O)cc1[N+](=O)[O-]. The van der Waals surface area contributed by atoms with E-state index in [0.717, 1.165) is 11.8 Å². The van der Waals surface area contributed by atoms with Crippen molar-refractivity contribution in [3.05, 3.63) is 63.0 Å². The number of hydrogen-bond acceptors (Lipinski definition) is 7. The van der Waals surface area contributed by atoms with Crippen LogP contribution in [0.2, 0.25) is 0 Å². The van der Waals surface area contributed by atoms with Crippen molar-refractivity contribution in [2.24, 2.45) is 0 Å². The molecule has 0 amide bonds. The largest absolute Gasteiger partial charge is 0.490 e. The van der Waals surface area contributed by atoms with E-state index in [2.05, 4.69) is 4.98 Å². The lowest BCUT2D eigenvalue weighted by molar-refractivity contribution is -0.385. The number of aromatic nitrogens is 1. The summed E-state index contributed by atoms with van der Waals surface area (Å²) in [5, 5.41) is 20.7. The number of fused-ring (bicyclic) bond motifs is 1. The molecule has 3 rings (SSSR count). The Morgan fingerprint density at radius 2 is 2.12 bits per heavy atom. The van der Waals surface area contributed by atoms with Crippen molar-refractivity contribution in [2.45, 2.75) is 5.22 Å². The van der Waals surface area contributed by atoms with E-state index in [9.17, 15) is 20.0 Å². The van der Waals surface area contributed by atoms with Gasteiger partial charge in [0.1, 0.15) is 10.4 Å². The molecule has 2 aromatic carbocycles. The van der Waals surface area contributed by atoms with Crippen molar-refractivity contribution in [3.63, 3.8) is 0 Å². The molecule has 3 aromatic rings. The zero-order valence-electron chi connectivity index (χ0n) is 13.4. The normalized spacial score (nSPS) is 11.5. The minimum absolute atomic E-state index is 0.0870. The number of rotatable bonds is 6. The highest BCUT2D eigenvalue weighted by molar-refractivity contribution is 8.03. The number of thioether (sulfide) groups is 1. The van der Waals surface area contributed by atoms with Gasteiger partial charge < -0.3 is 14.3 Å². The lowest BCUT2D eigenvalue weighted by Crippen LogP contribution is -1.98. The zero-order valence-corrected chi connectivity index (χ0v) is 14.2. The number of oxazole rings is 1. The maximum absolute atomic E-state index is 11.5. The number of ether oxygens (including phenoxy) is 1. The van der Waals surface area contributed by atoms with E-state index < -0.39 is 10.9 Å². The minimum Gasteiger partial charge on any atom is -0.490 e. The van der Waals surface area contributed by atoms with Gasteiger partial charge in [-0.15, -0.1) is 0 Å². The van der Waals surface area contributed by atoms with Crippen LogP contribution in [0.25, 0.3) is 17.2 Å². The summed E-state index contributed by atoms with van der Waals surface area (Å²) < 4.78 is 10.4. The lowest BCUT2D eigenvalue weighted by Gasteiger charge is -2.03. The molecule has 0 aliphatic rings. The first-order valence-electron chi connectivity index (χ1n) is 7.29. The van der Waals surface area contributed by atoms with Crippen molar-refractivity contribution in [1.29, 1.82) is 0 Å². The summed E-state index contributed by atoms with van der Waals surface area (Å²) in [7, 11) is 1.32. The Kier molecular flexibility index (Phi) is 4.90. The maximum Gasteiger partial charge on any atom is 0.342 e. The predicted molar refractivity (Wildman–Crippen MR) is 95.1 cm³/mol.